The van der Waals surface area contributed by atoms with Crippen LogP contribution in [0, 0.1) is 5.92 Å². The Hall–Kier alpha value is -1.51. The molecule has 1 aliphatic rings. The highest BCUT2D eigenvalue weighted by Gasteiger charge is 2.20. The van der Waals surface area contributed by atoms with Gasteiger partial charge < -0.3 is 10.3 Å². The molecule has 1 saturated carbocycles. The molecule has 2 aromatic rings. The maximum absolute atomic E-state index is 4.47. The summed E-state index contributed by atoms with van der Waals surface area (Å²) >= 11 is 0. The van der Waals surface area contributed by atoms with Crippen LogP contribution in [0.25, 0.3) is 11.0 Å². The van der Waals surface area contributed by atoms with Crippen molar-refractivity contribution >= 4 is 16.9 Å². The first-order chi connectivity index (χ1) is 6.92. The van der Waals surface area contributed by atoms with Crippen molar-refractivity contribution in [3.63, 3.8) is 0 Å². The van der Waals surface area contributed by atoms with E-state index in [4.69, 9.17) is 0 Å². The zero-order valence-electron chi connectivity index (χ0n) is 7.96. The second-order valence-electron chi connectivity index (χ2n) is 3.94. The van der Waals surface area contributed by atoms with E-state index < -0.39 is 0 Å². The lowest BCUT2D eigenvalue weighted by atomic mass is 10.3. The molecule has 3 heteroatoms. The Kier molecular flexibility index (Phi) is 1.69. The smallest absolute Gasteiger partial charge is 0.139 e. The van der Waals surface area contributed by atoms with Crippen LogP contribution < -0.4 is 5.32 Å². The van der Waals surface area contributed by atoms with Crippen LogP contribution in [-0.2, 0) is 0 Å². The summed E-state index contributed by atoms with van der Waals surface area (Å²) < 4.78 is 0. The molecule has 0 atom stereocenters. The van der Waals surface area contributed by atoms with Crippen molar-refractivity contribution in [1.82, 2.24) is 9.97 Å². The van der Waals surface area contributed by atoms with Gasteiger partial charge in [-0.25, -0.2) is 4.98 Å². The topological polar surface area (TPSA) is 40.7 Å². The second kappa shape index (κ2) is 3.01. The van der Waals surface area contributed by atoms with Crippen molar-refractivity contribution in [2.75, 3.05) is 11.9 Å². The molecule has 2 heterocycles. The average Bonchev–Trinajstić information content (AvgIpc) is 2.92. The standard InChI is InChI=1S/C11H13N3/c1-2-8(1)7-13-10-4-3-9-5-6-12-11(9)14-10/h3-6,8H,1-2,7H2,(H2,12,13,14). The van der Waals surface area contributed by atoms with Gasteiger partial charge in [0.05, 0.1) is 0 Å². The van der Waals surface area contributed by atoms with Crippen molar-refractivity contribution in [2.45, 2.75) is 12.8 Å². The van der Waals surface area contributed by atoms with Gasteiger partial charge in [-0.2, -0.15) is 0 Å². The van der Waals surface area contributed by atoms with E-state index in [1.807, 2.05) is 18.3 Å². The molecular weight excluding hydrogens is 174 g/mol. The van der Waals surface area contributed by atoms with Gasteiger partial charge in [-0.05, 0) is 37.0 Å². The molecule has 0 bridgehead atoms. The number of hydrogen-bond acceptors (Lipinski definition) is 2. The molecule has 2 aromatic heterocycles. The predicted molar refractivity (Wildman–Crippen MR) is 57.3 cm³/mol. The van der Waals surface area contributed by atoms with Crippen molar-refractivity contribution < 1.29 is 0 Å². The first kappa shape index (κ1) is 7.85. The van der Waals surface area contributed by atoms with Gasteiger partial charge in [0.2, 0.25) is 0 Å². The number of nitrogens with one attached hydrogen (secondary N) is 2. The fraction of sp³-hybridized carbons (Fsp3) is 0.364. The van der Waals surface area contributed by atoms with Crippen LogP contribution in [0.5, 0.6) is 0 Å². The summed E-state index contributed by atoms with van der Waals surface area (Å²) in [6, 6.07) is 6.17. The third kappa shape index (κ3) is 1.45. The summed E-state index contributed by atoms with van der Waals surface area (Å²) in [7, 11) is 0. The highest BCUT2D eigenvalue weighted by atomic mass is 15.0. The normalized spacial score (nSPS) is 16.0. The fourth-order valence-corrected chi connectivity index (χ4v) is 1.60. The summed E-state index contributed by atoms with van der Waals surface area (Å²) in [6.45, 7) is 1.07. The number of rotatable bonds is 3. The van der Waals surface area contributed by atoms with Crippen molar-refractivity contribution in [2.24, 2.45) is 5.92 Å². The number of H-pyrrole nitrogens is 1. The van der Waals surface area contributed by atoms with Gasteiger partial charge in [0.25, 0.3) is 0 Å². The third-order valence-electron chi connectivity index (χ3n) is 2.68. The van der Waals surface area contributed by atoms with E-state index in [1.165, 1.54) is 18.2 Å². The fourth-order valence-electron chi connectivity index (χ4n) is 1.60. The Labute approximate surface area is 82.5 Å². The molecule has 0 radical (unpaired) electrons. The van der Waals surface area contributed by atoms with E-state index in [0.717, 1.165) is 23.9 Å². The van der Waals surface area contributed by atoms with Crippen LogP contribution in [-0.4, -0.2) is 16.5 Å². The van der Waals surface area contributed by atoms with Crippen LogP contribution in [0.3, 0.4) is 0 Å². The Morgan fingerprint density at radius 2 is 2.29 bits per heavy atom. The third-order valence-corrected chi connectivity index (χ3v) is 2.68. The van der Waals surface area contributed by atoms with Crippen LogP contribution in [0.15, 0.2) is 24.4 Å². The van der Waals surface area contributed by atoms with E-state index in [1.54, 1.807) is 0 Å². The summed E-state index contributed by atoms with van der Waals surface area (Å²) in [5.74, 6) is 1.86. The number of fused-ring (bicyclic) bond motifs is 1. The minimum Gasteiger partial charge on any atom is -0.370 e. The molecule has 1 aliphatic carbocycles. The summed E-state index contributed by atoms with van der Waals surface area (Å²) in [6.07, 6.45) is 4.66. The molecule has 0 saturated heterocycles. The first-order valence-electron chi connectivity index (χ1n) is 5.10. The van der Waals surface area contributed by atoms with E-state index in [-0.39, 0.29) is 0 Å². The molecule has 3 rings (SSSR count). The Morgan fingerprint density at radius 3 is 3.14 bits per heavy atom. The zero-order valence-corrected chi connectivity index (χ0v) is 7.96. The molecule has 0 unspecified atom stereocenters. The van der Waals surface area contributed by atoms with Crippen molar-refractivity contribution in [3.05, 3.63) is 24.4 Å². The van der Waals surface area contributed by atoms with Gasteiger partial charge in [-0.1, -0.05) is 0 Å². The van der Waals surface area contributed by atoms with E-state index >= 15 is 0 Å². The lowest BCUT2D eigenvalue weighted by Crippen LogP contribution is -2.04. The highest BCUT2D eigenvalue weighted by Crippen LogP contribution is 2.28. The summed E-state index contributed by atoms with van der Waals surface area (Å²) in [4.78, 5) is 7.58. The van der Waals surface area contributed by atoms with Gasteiger partial charge >= 0.3 is 0 Å². The number of aromatic nitrogens is 2. The Morgan fingerprint density at radius 1 is 1.36 bits per heavy atom. The van der Waals surface area contributed by atoms with E-state index in [2.05, 4.69) is 21.4 Å². The molecule has 2 N–H and O–H groups in total. The van der Waals surface area contributed by atoms with Gasteiger partial charge in [0.15, 0.2) is 0 Å². The molecular formula is C11H13N3. The van der Waals surface area contributed by atoms with Crippen LogP contribution in [0.1, 0.15) is 12.8 Å². The molecule has 1 fully saturated rings. The van der Waals surface area contributed by atoms with E-state index in [9.17, 15) is 0 Å². The number of pyridine rings is 1. The van der Waals surface area contributed by atoms with Gasteiger partial charge in [0, 0.05) is 18.1 Å². The predicted octanol–water partition coefficient (Wildman–Crippen LogP) is 2.38. The van der Waals surface area contributed by atoms with Gasteiger partial charge in [-0.15, -0.1) is 0 Å². The average molecular weight is 187 g/mol. The summed E-state index contributed by atoms with van der Waals surface area (Å²) in [5.41, 5.74) is 0.964. The lowest BCUT2D eigenvalue weighted by molar-refractivity contribution is 0.884. The van der Waals surface area contributed by atoms with Crippen LogP contribution in [0.2, 0.25) is 0 Å². The van der Waals surface area contributed by atoms with Crippen molar-refractivity contribution in [3.8, 4) is 0 Å². The van der Waals surface area contributed by atoms with E-state index in [0.29, 0.717) is 0 Å². The number of nitrogens with zero attached hydrogens (tertiary/aromatic N) is 1. The highest BCUT2D eigenvalue weighted by molar-refractivity contribution is 5.77. The maximum Gasteiger partial charge on any atom is 0.139 e. The maximum atomic E-state index is 4.47. The minimum absolute atomic E-state index is 0.885. The number of hydrogen-bond donors (Lipinski definition) is 2. The molecule has 3 nitrogen and oxygen atoms in total. The quantitative estimate of drug-likeness (QED) is 0.774. The van der Waals surface area contributed by atoms with Crippen LogP contribution in [0.4, 0.5) is 5.82 Å². The number of anilines is 1. The molecule has 14 heavy (non-hydrogen) atoms. The van der Waals surface area contributed by atoms with Gasteiger partial charge in [-0.3, -0.25) is 0 Å². The Bertz CT molecular complexity index is 442. The second-order valence-corrected chi connectivity index (χ2v) is 3.94. The monoisotopic (exact) mass is 187 g/mol. The number of aromatic amines is 1. The lowest BCUT2D eigenvalue weighted by Gasteiger charge is -2.03. The minimum atomic E-state index is 0.885. The SMILES string of the molecule is c1cc2ccc(NCC3CC3)nc2[nH]1. The molecule has 0 aliphatic heterocycles. The molecule has 0 aromatic carbocycles. The Balaban J connectivity index is 1.81. The molecule has 0 amide bonds. The van der Waals surface area contributed by atoms with Crippen LogP contribution >= 0.6 is 0 Å². The molecule has 0 spiro atoms. The largest absolute Gasteiger partial charge is 0.370 e. The van der Waals surface area contributed by atoms with Crippen molar-refractivity contribution in [1.29, 1.82) is 0 Å². The zero-order chi connectivity index (χ0) is 9.38. The first-order valence-corrected chi connectivity index (χ1v) is 5.10. The van der Waals surface area contributed by atoms with Gasteiger partial charge in [0.1, 0.15) is 11.5 Å². The summed E-state index contributed by atoms with van der Waals surface area (Å²) in [5, 5.41) is 4.53. The molecule has 72 valence electrons.